The zero-order valence-corrected chi connectivity index (χ0v) is 13.9. The molecule has 2 nitrogen and oxygen atoms in total. The van der Waals surface area contributed by atoms with E-state index in [1.165, 1.54) is 38.8 Å². The number of allylic oxidation sites excluding steroid dienone is 1. The Morgan fingerprint density at radius 2 is 1.68 bits per heavy atom. The molecule has 0 bridgehead atoms. The van der Waals surface area contributed by atoms with Gasteiger partial charge < -0.3 is 4.74 Å². The number of nitrogens with zero attached hydrogens (tertiary/aromatic N) is 1. The van der Waals surface area contributed by atoms with Crippen LogP contribution in [0.2, 0.25) is 0 Å². The van der Waals surface area contributed by atoms with Crippen molar-refractivity contribution >= 4 is 0 Å². The first-order valence-electron chi connectivity index (χ1n) is 7.90. The van der Waals surface area contributed by atoms with Crippen molar-refractivity contribution in [3.05, 3.63) is 12.7 Å². The van der Waals surface area contributed by atoms with Gasteiger partial charge in [0.05, 0.1) is 19.3 Å². The summed E-state index contributed by atoms with van der Waals surface area (Å²) in [6.45, 7) is 19.0. The average Bonchev–Trinajstić information content (AvgIpc) is 2.27. The molecule has 0 aliphatic carbocycles. The topological polar surface area (TPSA) is 12.5 Å². The van der Waals surface area contributed by atoms with Gasteiger partial charge in [-0.25, -0.2) is 0 Å². The average molecular weight is 269 g/mol. The number of rotatable bonds is 7. The molecular formula is C17H35NO. The van der Waals surface area contributed by atoms with E-state index in [1.54, 1.807) is 0 Å². The minimum absolute atomic E-state index is 0.306. The molecule has 1 aliphatic rings. The lowest BCUT2D eigenvalue weighted by atomic mass is 9.98. The molecule has 0 aromatic rings. The van der Waals surface area contributed by atoms with E-state index in [9.17, 15) is 0 Å². The highest BCUT2D eigenvalue weighted by Crippen LogP contribution is 2.12. The zero-order valence-electron chi connectivity index (χ0n) is 13.9. The van der Waals surface area contributed by atoms with E-state index in [0.29, 0.717) is 5.41 Å². The molecule has 0 aromatic carbocycles. The van der Waals surface area contributed by atoms with Crippen molar-refractivity contribution < 1.29 is 4.74 Å². The smallest absolute Gasteiger partial charge is 0.0645 e. The van der Waals surface area contributed by atoms with Crippen LogP contribution < -0.4 is 0 Å². The zero-order chi connectivity index (χ0) is 14.7. The molecule has 0 amide bonds. The summed E-state index contributed by atoms with van der Waals surface area (Å²) in [7, 11) is 0. The molecule has 0 radical (unpaired) electrons. The maximum Gasteiger partial charge on any atom is 0.0645 e. The molecule has 2 heteroatoms. The highest BCUT2D eigenvalue weighted by molar-refractivity contribution is 4.82. The van der Waals surface area contributed by atoms with Gasteiger partial charge in [-0.15, -0.1) is 6.58 Å². The van der Waals surface area contributed by atoms with Crippen molar-refractivity contribution in [1.82, 2.24) is 4.90 Å². The first-order valence-corrected chi connectivity index (χ1v) is 7.90. The first-order chi connectivity index (χ1) is 8.94. The number of hydrogen-bond acceptors (Lipinski definition) is 2. The maximum atomic E-state index is 5.23. The molecule has 1 fully saturated rings. The van der Waals surface area contributed by atoms with Gasteiger partial charge in [0.15, 0.2) is 0 Å². The second-order valence-electron chi connectivity index (χ2n) is 6.50. The quantitative estimate of drug-likeness (QED) is 0.498. The summed E-state index contributed by atoms with van der Waals surface area (Å²) >= 11 is 0. The lowest BCUT2D eigenvalue weighted by molar-refractivity contribution is -0.0651. The van der Waals surface area contributed by atoms with Crippen LogP contribution in [0.5, 0.6) is 0 Å². The van der Waals surface area contributed by atoms with Crippen molar-refractivity contribution in [2.75, 3.05) is 26.3 Å². The van der Waals surface area contributed by atoms with Gasteiger partial charge in [0.25, 0.3) is 0 Å². The fourth-order valence-corrected chi connectivity index (χ4v) is 1.76. The number of ether oxygens (including phenoxy) is 1. The second-order valence-corrected chi connectivity index (χ2v) is 6.50. The maximum absolute atomic E-state index is 5.23. The summed E-state index contributed by atoms with van der Waals surface area (Å²) in [6, 6.07) is 0.733. The summed E-state index contributed by atoms with van der Waals surface area (Å²) in [6.07, 6.45) is 7.25. The fraction of sp³-hybridized carbons (Fsp3) is 0.882. The second kappa shape index (κ2) is 10.4. The van der Waals surface area contributed by atoms with E-state index >= 15 is 0 Å². The molecule has 0 N–H and O–H groups in total. The van der Waals surface area contributed by atoms with Gasteiger partial charge >= 0.3 is 0 Å². The molecule has 0 spiro atoms. The third kappa shape index (κ3) is 10.1. The molecule has 0 aromatic heterocycles. The Labute approximate surface area is 121 Å². The highest BCUT2D eigenvalue weighted by Gasteiger charge is 2.24. The van der Waals surface area contributed by atoms with Crippen molar-refractivity contribution in [3.8, 4) is 0 Å². The molecule has 1 saturated heterocycles. The summed E-state index contributed by atoms with van der Waals surface area (Å²) in [5.41, 5.74) is 0.306. The Morgan fingerprint density at radius 3 is 2.00 bits per heavy atom. The van der Waals surface area contributed by atoms with E-state index in [0.717, 1.165) is 19.3 Å². The Bertz CT molecular complexity index is 216. The molecule has 0 saturated carbocycles. The first kappa shape index (κ1) is 18.7. The molecule has 1 rings (SSSR count). The number of unbranched alkanes of at least 4 members (excludes halogenated alkanes) is 2. The number of hydrogen-bond donors (Lipinski definition) is 0. The van der Waals surface area contributed by atoms with E-state index in [4.69, 9.17) is 4.74 Å². The third-order valence-electron chi connectivity index (χ3n) is 3.31. The van der Waals surface area contributed by atoms with Gasteiger partial charge in [-0.05, 0) is 31.3 Å². The molecule has 0 unspecified atom stereocenters. The molecule has 114 valence electrons. The Kier molecular flexibility index (Phi) is 10.3. The molecule has 19 heavy (non-hydrogen) atoms. The van der Waals surface area contributed by atoms with Crippen LogP contribution in [0.4, 0.5) is 0 Å². The van der Waals surface area contributed by atoms with Gasteiger partial charge in [-0.3, -0.25) is 4.90 Å². The van der Waals surface area contributed by atoms with Gasteiger partial charge in [0.1, 0.15) is 0 Å². The highest BCUT2D eigenvalue weighted by atomic mass is 16.5. The normalized spacial score (nSPS) is 15.7. The summed E-state index contributed by atoms with van der Waals surface area (Å²) in [5, 5.41) is 0. The van der Waals surface area contributed by atoms with Crippen molar-refractivity contribution in [2.24, 2.45) is 5.41 Å². The monoisotopic (exact) mass is 269 g/mol. The summed E-state index contributed by atoms with van der Waals surface area (Å²) in [5.74, 6) is 0. The SMILES string of the molecule is C=CC(C)(C)C.CCCCCN(CCC)C1COC1. The fourth-order valence-electron chi connectivity index (χ4n) is 1.76. The lowest BCUT2D eigenvalue weighted by Gasteiger charge is -2.37. The van der Waals surface area contributed by atoms with Gasteiger partial charge in [-0.1, -0.05) is 53.5 Å². The van der Waals surface area contributed by atoms with Crippen LogP contribution in [0, 0.1) is 5.41 Å². The Morgan fingerprint density at radius 1 is 1.11 bits per heavy atom. The van der Waals surface area contributed by atoms with Crippen LogP contribution >= 0.6 is 0 Å². The van der Waals surface area contributed by atoms with Crippen LogP contribution in [0.25, 0.3) is 0 Å². The van der Waals surface area contributed by atoms with Crippen LogP contribution in [0.1, 0.15) is 60.3 Å². The van der Waals surface area contributed by atoms with Crippen molar-refractivity contribution in [2.45, 2.75) is 66.3 Å². The summed E-state index contributed by atoms with van der Waals surface area (Å²) in [4.78, 5) is 2.60. The molecular weight excluding hydrogens is 234 g/mol. The lowest BCUT2D eigenvalue weighted by Crippen LogP contribution is -2.49. The standard InChI is InChI=1S/C11H23NO.C6H12/c1-3-5-6-8-12(7-4-2)11-9-13-10-11;1-5-6(2,3)4/h11H,3-10H2,1-2H3;5H,1H2,2-4H3. The van der Waals surface area contributed by atoms with E-state index in [-0.39, 0.29) is 0 Å². The van der Waals surface area contributed by atoms with Crippen molar-refractivity contribution in [1.29, 1.82) is 0 Å². The van der Waals surface area contributed by atoms with E-state index < -0.39 is 0 Å². The predicted molar refractivity (Wildman–Crippen MR) is 85.6 cm³/mol. The van der Waals surface area contributed by atoms with Crippen LogP contribution in [0.3, 0.4) is 0 Å². The summed E-state index contributed by atoms with van der Waals surface area (Å²) < 4.78 is 5.23. The largest absolute Gasteiger partial charge is 0.378 e. The molecule has 1 heterocycles. The minimum atomic E-state index is 0.306. The van der Waals surface area contributed by atoms with Gasteiger partial charge in [-0.2, -0.15) is 0 Å². The molecule has 0 atom stereocenters. The van der Waals surface area contributed by atoms with Crippen LogP contribution in [-0.2, 0) is 4.74 Å². The Hall–Kier alpha value is -0.340. The van der Waals surface area contributed by atoms with Crippen LogP contribution in [0.15, 0.2) is 12.7 Å². The van der Waals surface area contributed by atoms with Gasteiger partial charge in [0.2, 0.25) is 0 Å². The van der Waals surface area contributed by atoms with Crippen LogP contribution in [-0.4, -0.2) is 37.2 Å². The predicted octanol–water partition coefficient (Wildman–Crippen LogP) is 4.51. The molecule has 1 aliphatic heterocycles. The Balaban J connectivity index is 0.000000459. The third-order valence-corrected chi connectivity index (χ3v) is 3.31. The van der Waals surface area contributed by atoms with Gasteiger partial charge in [0, 0.05) is 0 Å². The van der Waals surface area contributed by atoms with E-state index in [2.05, 4.69) is 46.1 Å². The van der Waals surface area contributed by atoms with Crippen molar-refractivity contribution in [3.63, 3.8) is 0 Å². The van der Waals surface area contributed by atoms with E-state index in [1.807, 2.05) is 6.08 Å². The minimum Gasteiger partial charge on any atom is -0.378 e.